The maximum absolute atomic E-state index is 14.5. The van der Waals surface area contributed by atoms with Gasteiger partial charge < -0.3 is 73.9 Å². The number of carboxylic acids is 2. The number of phenolic OH excluding ortho intramolecular Hbond substituents is 1. The summed E-state index contributed by atoms with van der Waals surface area (Å²) in [5, 5.41) is 54.9. The van der Waals surface area contributed by atoms with Gasteiger partial charge in [-0.3, -0.25) is 43.8 Å². The van der Waals surface area contributed by atoms with Crippen molar-refractivity contribution in [3.8, 4) is 5.75 Å². The topological polar surface area (TPSA) is 406 Å². The highest BCUT2D eigenvalue weighted by molar-refractivity contribution is 5.98. The molecule has 2 aromatic rings. The molecule has 25 nitrogen and oxygen atoms in total. The van der Waals surface area contributed by atoms with E-state index in [1.54, 1.807) is 41.5 Å². The largest absolute Gasteiger partial charge is 0.508 e. The lowest BCUT2D eigenvalue weighted by Gasteiger charge is -2.32. The number of likely N-dealkylation sites (tertiary alicyclic amines) is 1. The quantitative estimate of drug-likeness (QED) is 0.0256. The molecule has 10 atom stereocenters. The van der Waals surface area contributed by atoms with Crippen LogP contribution in [-0.4, -0.2) is 151 Å². The van der Waals surface area contributed by atoms with Crippen LogP contribution in [0.15, 0.2) is 36.8 Å². The number of aliphatic carboxylic acids is 2. The molecule has 7 amide bonds. The molecule has 0 radical (unpaired) electrons. The summed E-state index contributed by atoms with van der Waals surface area (Å²) < 4.78 is 0. The molecule has 3 rings (SSSR count). The Bertz CT molecular complexity index is 2190. The van der Waals surface area contributed by atoms with Gasteiger partial charge in [-0.1, -0.05) is 66.5 Å². The first-order valence-corrected chi connectivity index (χ1v) is 24.1. The smallest absolute Gasteiger partial charge is 0.326 e. The molecular formula is C47H73N13O12. The fraction of sp³-hybridized carbons (Fsp3) is 0.596. The number of imidazole rings is 1. The molecule has 0 bridgehead atoms. The van der Waals surface area contributed by atoms with Crippen molar-refractivity contribution < 1.29 is 58.5 Å². The molecular weight excluding hydrogens is 939 g/mol. The second-order valence-electron chi connectivity index (χ2n) is 18.5. The molecule has 25 heteroatoms. The number of aromatic amines is 1. The molecule has 398 valence electrons. The minimum absolute atomic E-state index is 0.0528. The zero-order valence-electron chi connectivity index (χ0n) is 41.7. The van der Waals surface area contributed by atoms with E-state index in [1.807, 2.05) is 0 Å². The van der Waals surface area contributed by atoms with E-state index in [1.165, 1.54) is 41.7 Å². The highest BCUT2D eigenvalue weighted by Crippen LogP contribution is 2.22. The predicted octanol–water partition coefficient (Wildman–Crippen LogP) is -1.30. The second kappa shape index (κ2) is 28.5. The summed E-state index contributed by atoms with van der Waals surface area (Å²) >= 11 is 0. The number of benzene rings is 1. The Morgan fingerprint density at radius 2 is 1.36 bits per heavy atom. The van der Waals surface area contributed by atoms with Crippen LogP contribution < -0.4 is 48.7 Å². The van der Waals surface area contributed by atoms with Gasteiger partial charge in [0.15, 0.2) is 5.96 Å². The van der Waals surface area contributed by atoms with Crippen LogP contribution in [0, 0.1) is 23.2 Å². The molecule has 72 heavy (non-hydrogen) atoms. The molecule has 1 aliphatic heterocycles. The van der Waals surface area contributed by atoms with E-state index in [0.29, 0.717) is 30.5 Å². The Morgan fingerprint density at radius 1 is 0.778 bits per heavy atom. The average molecular weight is 1010 g/mol. The number of phenols is 1. The van der Waals surface area contributed by atoms with Crippen LogP contribution >= 0.6 is 0 Å². The molecule has 1 aromatic heterocycles. The van der Waals surface area contributed by atoms with E-state index in [0.717, 1.165) is 0 Å². The number of carbonyl (C=O) groups excluding carboxylic acids is 7. The molecule has 16 N–H and O–H groups in total. The lowest BCUT2D eigenvalue weighted by molar-refractivity contribution is -0.146. The normalized spacial score (nSPS) is 17.1. The summed E-state index contributed by atoms with van der Waals surface area (Å²) in [6, 6.07) is -4.63. The van der Waals surface area contributed by atoms with Crippen molar-refractivity contribution in [1.82, 2.24) is 52.1 Å². The number of nitrogens with one attached hydrogen (secondary N) is 9. The van der Waals surface area contributed by atoms with Crippen molar-refractivity contribution in [2.24, 2.45) is 29.2 Å². The van der Waals surface area contributed by atoms with Gasteiger partial charge >= 0.3 is 11.9 Å². The third-order valence-corrected chi connectivity index (χ3v) is 12.6. The molecule has 1 aromatic carbocycles. The van der Waals surface area contributed by atoms with Crippen molar-refractivity contribution >= 4 is 59.2 Å². The van der Waals surface area contributed by atoms with Gasteiger partial charge in [0, 0.05) is 32.1 Å². The number of carbonyl (C=O) groups is 9. The minimum atomic E-state index is -1.51. The molecule has 1 aliphatic rings. The van der Waals surface area contributed by atoms with Crippen LogP contribution in [0.2, 0.25) is 0 Å². The maximum Gasteiger partial charge on any atom is 0.326 e. The fourth-order valence-electron chi connectivity index (χ4n) is 7.95. The second-order valence-corrected chi connectivity index (χ2v) is 18.5. The first-order chi connectivity index (χ1) is 34.0. The number of rotatable bonds is 29. The van der Waals surface area contributed by atoms with E-state index >= 15 is 0 Å². The Morgan fingerprint density at radius 3 is 1.93 bits per heavy atom. The van der Waals surface area contributed by atoms with E-state index < -0.39 is 126 Å². The SMILES string of the molecule is CC[C@H](C)[C@H](NC(=O)[C@@H]1CCCN1C(=O)[C@H](Cc1c[nH]cn1)NC(=O)[C@@H](NC(=O)[C@H](Cc1ccc(O)cc1)NC(=O)[C@@H](NC(=O)[C@H](CCCNC(=N)N)NC(=O)[C@@H](N)CC(=O)O)C(C)C)[C@@H](C)CC)C(=O)O. The van der Waals surface area contributed by atoms with Gasteiger partial charge in [-0.15, -0.1) is 0 Å². The molecule has 0 saturated carbocycles. The summed E-state index contributed by atoms with van der Waals surface area (Å²) in [6.45, 7) is 10.5. The van der Waals surface area contributed by atoms with E-state index in [9.17, 15) is 53.4 Å². The summed E-state index contributed by atoms with van der Waals surface area (Å²) in [7, 11) is 0. The first kappa shape index (κ1) is 59.0. The van der Waals surface area contributed by atoms with Gasteiger partial charge in [0.05, 0.1) is 24.5 Å². The monoisotopic (exact) mass is 1010 g/mol. The number of aromatic hydroxyl groups is 1. The van der Waals surface area contributed by atoms with Crippen molar-refractivity contribution in [2.75, 3.05) is 13.1 Å². The van der Waals surface area contributed by atoms with Crippen molar-refractivity contribution in [3.63, 3.8) is 0 Å². The first-order valence-electron chi connectivity index (χ1n) is 24.1. The predicted molar refractivity (Wildman–Crippen MR) is 261 cm³/mol. The Balaban J connectivity index is 1.93. The maximum atomic E-state index is 14.5. The van der Waals surface area contributed by atoms with Gasteiger partial charge in [0.1, 0.15) is 48.0 Å². The third kappa shape index (κ3) is 18.1. The number of amides is 7. The van der Waals surface area contributed by atoms with Crippen LogP contribution in [0.4, 0.5) is 0 Å². The van der Waals surface area contributed by atoms with E-state index in [2.05, 4.69) is 47.2 Å². The zero-order valence-corrected chi connectivity index (χ0v) is 41.7. The summed E-state index contributed by atoms with van der Waals surface area (Å²) in [5.74, 6) is -10.1. The Hall–Kier alpha value is -7.31. The zero-order chi connectivity index (χ0) is 53.8. The fourth-order valence-corrected chi connectivity index (χ4v) is 7.95. The number of nitrogens with zero attached hydrogens (tertiary/aromatic N) is 2. The number of hydrogen-bond acceptors (Lipinski definition) is 13. The van der Waals surface area contributed by atoms with E-state index in [4.69, 9.17) is 22.0 Å². The van der Waals surface area contributed by atoms with Gasteiger partial charge in [0.2, 0.25) is 41.4 Å². The van der Waals surface area contributed by atoms with E-state index in [-0.39, 0.29) is 56.9 Å². The van der Waals surface area contributed by atoms with Crippen molar-refractivity contribution in [2.45, 2.75) is 148 Å². The standard InChI is InChI=1S/C47H73N13O12/c1-7-25(5)37(44(69)56-33(20-28-22-51-23-53-28)45(70)60-18-10-12-34(60)42(67)59-38(46(71)72)26(6)8-2)58-41(66)32(19-27-13-15-29(61)16-14-27)55-43(68)36(24(3)4)57-40(65)31(11-9-17-52-47(49)50)54-39(64)30(48)21-35(62)63/h13-16,22-26,30-34,36-38,61H,7-12,17-21,48H2,1-6H3,(H,51,53)(H,54,64)(H,55,68)(H,56,69)(H,57,65)(H,58,66)(H,59,67)(H,62,63)(H,71,72)(H4,49,50,52)/t25-,26-,30-,31-,32-,33-,34-,36-,37-,38-/m0/s1. The Kier molecular flexibility index (Phi) is 23.4. The van der Waals surface area contributed by atoms with Gasteiger partial charge in [-0.25, -0.2) is 9.78 Å². The molecule has 0 aliphatic carbocycles. The highest BCUT2D eigenvalue weighted by atomic mass is 16.4. The summed E-state index contributed by atoms with van der Waals surface area (Å²) in [5.41, 5.74) is 12.0. The lowest BCUT2D eigenvalue weighted by Crippen LogP contribution is -2.62. The van der Waals surface area contributed by atoms with Crippen LogP contribution in [0.25, 0.3) is 0 Å². The summed E-state index contributed by atoms with van der Waals surface area (Å²) in [6.07, 6.45) is 3.52. The number of H-pyrrole nitrogens is 1. The van der Waals surface area contributed by atoms with Crippen LogP contribution in [-0.2, 0) is 56.0 Å². The molecule has 1 saturated heterocycles. The number of hydrogen-bond donors (Lipinski definition) is 14. The number of carboxylic acid groups (broad SMARTS) is 2. The highest BCUT2D eigenvalue weighted by Gasteiger charge is 2.41. The van der Waals surface area contributed by atoms with Crippen molar-refractivity contribution in [1.29, 1.82) is 5.41 Å². The average Bonchev–Trinajstić information content (AvgIpc) is 4.04. The lowest BCUT2D eigenvalue weighted by atomic mass is 9.96. The molecule has 2 heterocycles. The summed E-state index contributed by atoms with van der Waals surface area (Å²) in [4.78, 5) is 130. The molecule has 0 spiro atoms. The number of guanidine groups is 1. The van der Waals surface area contributed by atoms with Gasteiger partial charge in [-0.05, 0) is 61.1 Å². The van der Waals surface area contributed by atoms with Crippen LogP contribution in [0.5, 0.6) is 5.75 Å². The minimum Gasteiger partial charge on any atom is -0.508 e. The van der Waals surface area contributed by atoms with Crippen molar-refractivity contribution in [3.05, 3.63) is 48.0 Å². The van der Waals surface area contributed by atoms with Gasteiger partial charge in [0.25, 0.3) is 0 Å². The Labute approximate surface area is 418 Å². The van der Waals surface area contributed by atoms with Crippen LogP contribution in [0.1, 0.15) is 97.7 Å². The number of nitrogens with two attached hydrogens (primary N) is 2. The number of aromatic nitrogens is 2. The van der Waals surface area contributed by atoms with Crippen LogP contribution in [0.3, 0.4) is 0 Å². The molecule has 0 unspecified atom stereocenters. The van der Waals surface area contributed by atoms with Gasteiger partial charge in [-0.2, -0.15) is 0 Å². The molecule has 1 fully saturated rings. The third-order valence-electron chi connectivity index (χ3n) is 12.6.